The van der Waals surface area contributed by atoms with Crippen LogP contribution in [0.1, 0.15) is 81.4 Å². The number of nitrogens with zero attached hydrogens (tertiary/aromatic N) is 1. The fourth-order valence-corrected chi connectivity index (χ4v) is 5.54. The SMILES string of the molecule is CCOC(=O)c1cc([C@H](CO[Si](C)(C)C(C)(C)C)C(C)(C)C)c2ccc(Cc3cccc(Cl)c3F)cn2c1=O. The van der Waals surface area contributed by atoms with Crippen molar-refractivity contribution in [3.05, 3.63) is 86.0 Å². The Bertz CT molecular complexity index is 1420. The summed E-state index contributed by atoms with van der Waals surface area (Å²) in [4.78, 5) is 26.5. The monoisotopic (exact) mass is 573 g/mol. The van der Waals surface area contributed by atoms with E-state index >= 15 is 0 Å². The van der Waals surface area contributed by atoms with Crippen LogP contribution in [0.5, 0.6) is 0 Å². The number of fused-ring (bicyclic) bond motifs is 1. The molecule has 0 bridgehead atoms. The molecule has 0 N–H and O–H groups in total. The number of carbonyl (C=O) groups is 1. The minimum absolute atomic E-state index is 0.0305. The van der Waals surface area contributed by atoms with Crippen molar-refractivity contribution in [2.45, 2.75) is 78.9 Å². The first-order chi connectivity index (χ1) is 18.0. The van der Waals surface area contributed by atoms with E-state index in [1.165, 1.54) is 10.5 Å². The molecule has 0 fully saturated rings. The molecule has 3 rings (SSSR count). The van der Waals surface area contributed by atoms with Crippen LogP contribution in [0.15, 0.2) is 47.4 Å². The number of aromatic nitrogens is 1. The molecule has 0 amide bonds. The van der Waals surface area contributed by atoms with E-state index in [1.54, 1.807) is 31.3 Å². The lowest BCUT2D eigenvalue weighted by atomic mass is 9.76. The molecule has 0 saturated carbocycles. The van der Waals surface area contributed by atoms with Crippen molar-refractivity contribution < 1.29 is 18.3 Å². The summed E-state index contributed by atoms with van der Waals surface area (Å²) >= 11 is 5.98. The second-order valence-corrected chi connectivity index (χ2v) is 17.9. The van der Waals surface area contributed by atoms with Gasteiger partial charge < -0.3 is 9.16 Å². The maximum Gasteiger partial charge on any atom is 0.343 e. The lowest BCUT2D eigenvalue weighted by Crippen LogP contribution is -2.43. The summed E-state index contributed by atoms with van der Waals surface area (Å²) in [6, 6.07) is 10.3. The third-order valence-corrected chi connectivity index (χ3v) is 12.6. The Morgan fingerprint density at radius 3 is 2.36 bits per heavy atom. The molecule has 0 spiro atoms. The van der Waals surface area contributed by atoms with Crippen molar-refractivity contribution in [1.82, 2.24) is 4.40 Å². The first kappa shape index (κ1) is 31.0. The molecule has 1 atom stereocenters. The Kier molecular flexibility index (Phi) is 9.20. The number of ether oxygens (including phenoxy) is 1. The van der Waals surface area contributed by atoms with Gasteiger partial charge in [0.05, 0.1) is 17.1 Å². The number of pyridine rings is 2. The molecule has 0 saturated heterocycles. The molecule has 0 aliphatic carbocycles. The molecule has 1 aromatic carbocycles. The van der Waals surface area contributed by atoms with Crippen molar-refractivity contribution >= 4 is 31.4 Å². The number of esters is 1. The number of hydrogen-bond acceptors (Lipinski definition) is 4. The zero-order valence-electron chi connectivity index (χ0n) is 24.6. The third-order valence-electron chi connectivity index (χ3n) is 7.81. The van der Waals surface area contributed by atoms with Crippen LogP contribution in [0.25, 0.3) is 5.52 Å². The van der Waals surface area contributed by atoms with Gasteiger partial charge in [0.2, 0.25) is 0 Å². The van der Waals surface area contributed by atoms with Crippen molar-refractivity contribution in [3.8, 4) is 0 Å². The van der Waals surface area contributed by atoms with Crippen LogP contribution in [0, 0.1) is 11.2 Å². The molecule has 0 radical (unpaired) electrons. The van der Waals surface area contributed by atoms with Crippen molar-refractivity contribution in [3.63, 3.8) is 0 Å². The summed E-state index contributed by atoms with van der Waals surface area (Å²) in [6.45, 7) is 19.7. The smallest absolute Gasteiger partial charge is 0.343 e. The summed E-state index contributed by atoms with van der Waals surface area (Å²) < 4.78 is 28.0. The second kappa shape index (κ2) is 11.6. The summed E-state index contributed by atoms with van der Waals surface area (Å²) in [6.07, 6.45) is 1.92. The lowest BCUT2D eigenvalue weighted by molar-refractivity contribution is 0.0523. The zero-order valence-corrected chi connectivity index (χ0v) is 26.3. The van der Waals surface area contributed by atoms with Gasteiger partial charge in [0, 0.05) is 25.1 Å². The lowest BCUT2D eigenvalue weighted by Gasteiger charge is -2.40. The topological polar surface area (TPSA) is 57.0 Å². The highest BCUT2D eigenvalue weighted by Crippen LogP contribution is 2.41. The predicted molar refractivity (Wildman–Crippen MR) is 159 cm³/mol. The van der Waals surface area contributed by atoms with Crippen LogP contribution in [0.2, 0.25) is 23.2 Å². The van der Waals surface area contributed by atoms with Crippen molar-refractivity contribution in [1.29, 1.82) is 0 Å². The highest BCUT2D eigenvalue weighted by atomic mass is 35.5. The van der Waals surface area contributed by atoms with Crippen LogP contribution >= 0.6 is 11.6 Å². The van der Waals surface area contributed by atoms with E-state index in [-0.39, 0.29) is 40.0 Å². The van der Waals surface area contributed by atoms with E-state index in [0.717, 1.165) is 5.56 Å². The fraction of sp³-hybridized carbons (Fsp3) is 0.484. The average molecular weight is 574 g/mol. The molecule has 2 aromatic heterocycles. The van der Waals surface area contributed by atoms with Gasteiger partial charge in [-0.25, -0.2) is 9.18 Å². The number of benzene rings is 1. The van der Waals surface area contributed by atoms with Gasteiger partial charge in [-0.3, -0.25) is 9.20 Å². The summed E-state index contributed by atoms with van der Waals surface area (Å²) in [5.41, 5.74) is 1.91. The Morgan fingerprint density at radius 2 is 1.77 bits per heavy atom. The van der Waals surface area contributed by atoms with Crippen LogP contribution in [0.4, 0.5) is 4.39 Å². The fourth-order valence-electron chi connectivity index (χ4n) is 4.33. The second-order valence-electron chi connectivity index (χ2n) is 12.7. The first-order valence-corrected chi connectivity index (χ1v) is 16.7. The average Bonchev–Trinajstić information content (AvgIpc) is 2.82. The molecule has 0 aliphatic heterocycles. The summed E-state index contributed by atoms with van der Waals surface area (Å²) in [5, 5.41) is 0.0817. The third kappa shape index (κ3) is 6.81. The van der Waals surface area contributed by atoms with E-state index in [2.05, 4.69) is 54.6 Å². The predicted octanol–water partition coefficient (Wildman–Crippen LogP) is 8.01. The summed E-state index contributed by atoms with van der Waals surface area (Å²) in [5.74, 6) is -1.27. The Balaban J connectivity index is 2.21. The first-order valence-electron chi connectivity index (χ1n) is 13.4. The zero-order chi connectivity index (χ0) is 29.3. The number of rotatable bonds is 8. The van der Waals surface area contributed by atoms with Gasteiger partial charge in [-0.1, -0.05) is 71.3 Å². The highest BCUT2D eigenvalue weighted by Gasteiger charge is 2.39. The minimum atomic E-state index is -2.07. The highest BCUT2D eigenvalue weighted by molar-refractivity contribution is 6.74. The van der Waals surface area contributed by atoms with Gasteiger partial charge in [-0.15, -0.1) is 0 Å². The Hall–Kier alpha value is -2.48. The van der Waals surface area contributed by atoms with Crippen LogP contribution in [-0.2, 0) is 15.6 Å². The van der Waals surface area contributed by atoms with E-state index in [9.17, 15) is 14.0 Å². The molecule has 0 unspecified atom stereocenters. The standard InChI is InChI=1S/C31H41ClFNO4Si/c1-10-37-29(36)23-17-22(24(30(2,3)4)19-38-39(8,9)31(5,6)7)26-15-14-20(18-34(26)28(23)35)16-21-12-11-13-25(32)27(21)33/h11-15,17-18,24H,10,16,19H2,1-9H3/t24-/m0/s1. The molecule has 2 heterocycles. The number of hydrogen-bond donors (Lipinski definition) is 0. The molecule has 3 aromatic rings. The molecular weight excluding hydrogens is 533 g/mol. The largest absolute Gasteiger partial charge is 0.462 e. The van der Waals surface area contributed by atoms with Gasteiger partial charge in [-0.05, 0) is 65.4 Å². The van der Waals surface area contributed by atoms with E-state index < -0.39 is 25.7 Å². The van der Waals surface area contributed by atoms with Gasteiger partial charge in [0.15, 0.2) is 8.32 Å². The van der Waals surface area contributed by atoms with Gasteiger partial charge in [-0.2, -0.15) is 0 Å². The normalized spacial score (nSPS) is 13.5. The van der Waals surface area contributed by atoms with Crippen LogP contribution in [-0.4, -0.2) is 31.9 Å². The van der Waals surface area contributed by atoms with Gasteiger partial charge in [0.25, 0.3) is 5.56 Å². The number of halogens is 2. The molecular formula is C31H41ClFNO4Si. The van der Waals surface area contributed by atoms with E-state index in [4.69, 9.17) is 20.8 Å². The van der Waals surface area contributed by atoms with E-state index in [0.29, 0.717) is 23.3 Å². The molecule has 5 nitrogen and oxygen atoms in total. The molecule has 212 valence electrons. The van der Waals surface area contributed by atoms with Crippen molar-refractivity contribution in [2.75, 3.05) is 13.2 Å². The molecule has 39 heavy (non-hydrogen) atoms. The summed E-state index contributed by atoms with van der Waals surface area (Å²) in [7, 11) is -2.07. The Labute approximate surface area is 237 Å². The van der Waals surface area contributed by atoms with Gasteiger partial charge >= 0.3 is 5.97 Å². The van der Waals surface area contributed by atoms with Crippen LogP contribution < -0.4 is 5.56 Å². The van der Waals surface area contributed by atoms with Crippen molar-refractivity contribution in [2.24, 2.45) is 5.41 Å². The number of carbonyl (C=O) groups excluding carboxylic acids is 1. The maximum absolute atomic E-state index is 14.6. The molecule has 8 heteroatoms. The van der Waals surface area contributed by atoms with Crippen LogP contribution in [0.3, 0.4) is 0 Å². The maximum atomic E-state index is 14.6. The van der Waals surface area contributed by atoms with E-state index in [1.807, 2.05) is 12.1 Å². The quantitative estimate of drug-likeness (QED) is 0.202. The van der Waals surface area contributed by atoms with Gasteiger partial charge in [0.1, 0.15) is 11.4 Å². The minimum Gasteiger partial charge on any atom is -0.462 e. The Morgan fingerprint density at radius 1 is 1.10 bits per heavy atom. The molecule has 0 aliphatic rings.